The van der Waals surface area contributed by atoms with Gasteiger partial charge in [-0.05, 0) is 30.4 Å². The van der Waals surface area contributed by atoms with Gasteiger partial charge in [0.25, 0.3) is 5.72 Å². The molecule has 0 radical (unpaired) electrons. The number of para-hydroxylation sites is 1. The maximum atomic E-state index is 13.3. The fourth-order valence-electron chi connectivity index (χ4n) is 2.76. The Hall–Kier alpha value is -2.09. The van der Waals surface area contributed by atoms with Crippen LogP contribution >= 0.6 is 0 Å². The Bertz CT molecular complexity index is 673. The summed E-state index contributed by atoms with van der Waals surface area (Å²) in [6.07, 6.45) is -5.75. The summed E-state index contributed by atoms with van der Waals surface area (Å²) in [6.45, 7) is 3.63. The van der Waals surface area contributed by atoms with Crippen LogP contribution in [0.15, 0.2) is 29.4 Å². The van der Waals surface area contributed by atoms with E-state index in [0.717, 1.165) is 0 Å². The van der Waals surface area contributed by atoms with Gasteiger partial charge >= 0.3 is 6.18 Å². The minimum Gasteiger partial charge on any atom is -0.508 e. The Morgan fingerprint density at radius 2 is 2.00 bits per heavy atom. The lowest BCUT2D eigenvalue weighted by Crippen LogP contribution is -2.56. The van der Waals surface area contributed by atoms with E-state index in [-0.39, 0.29) is 41.7 Å². The number of rotatable bonds is 5. The first-order chi connectivity index (χ1) is 11.5. The smallest absolute Gasteiger partial charge is 0.438 e. The van der Waals surface area contributed by atoms with E-state index in [4.69, 9.17) is 0 Å². The van der Waals surface area contributed by atoms with Crippen LogP contribution < -0.4 is 0 Å². The molecule has 1 heterocycles. The number of carbonyl (C=O) groups excluding carboxylic acids is 1. The van der Waals surface area contributed by atoms with E-state index in [1.165, 1.54) is 6.07 Å². The zero-order valence-electron chi connectivity index (χ0n) is 14.0. The monoisotopic (exact) mass is 358 g/mol. The average molecular weight is 358 g/mol. The molecule has 0 saturated carbocycles. The lowest BCUT2D eigenvalue weighted by molar-refractivity contribution is -0.302. The molecule has 2 rings (SSSR count). The predicted molar refractivity (Wildman–Crippen MR) is 85.8 cm³/mol. The first kappa shape index (κ1) is 19.2. The number of hydrogen-bond donors (Lipinski definition) is 2. The van der Waals surface area contributed by atoms with E-state index >= 15 is 0 Å². The fraction of sp³-hybridized carbons (Fsp3) is 0.529. The third-order valence-corrected chi connectivity index (χ3v) is 3.98. The summed E-state index contributed by atoms with van der Waals surface area (Å²) in [6, 6.07) is 6.27. The number of alkyl halides is 3. The molecular formula is C17H21F3N2O3. The zero-order chi connectivity index (χ0) is 18.8. The van der Waals surface area contributed by atoms with Crippen molar-refractivity contribution in [3.63, 3.8) is 0 Å². The first-order valence-electron chi connectivity index (χ1n) is 8.00. The number of halogens is 3. The molecule has 1 aromatic carbocycles. The summed E-state index contributed by atoms with van der Waals surface area (Å²) < 4.78 is 40.0. The number of carbonyl (C=O) groups is 1. The van der Waals surface area contributed by atoms with E-state index in [9.17, 15) is 28.2 Å². The Morgan fingerprint density at radius 1 is 1.36 bits per heavy atom. The van der Waals surface area contributed by atoms with Gasteiger partial charge < -0.3 is 10.2 Å². The molecule has 0 aliphatic carbocycles. The summed E-state index contributed by atoms with van der Waals surface area (Å²) >= 11 is 0. The van der Waals surface area contributed by atoms with Crippen molar-refractivity contribution >= 4 is 11.6 Å². The molecule has 0 bridgehead atoms. The molecule has 2 N–H and O–H groups in total. The molecule has 1 atom stereocenters. The Balaban J connectivity index is 2.18. The van der Waals surface area contributed by atoms with E-state index in [2.05, 4.69) is 5.10 Å². The van der Waals surface area contributed by atoms with Crippen molar-refractivity contribution in [2.24, 2.45) is 11.0 Å². The van der Waals surface area contributed by atoms with Gasteiger partial charge in [-0.15, -0.1) is 0 Å². The van der Waals surface area contributed by atoms with Crippen LogP contribution in [0, 0.1) is 5.92 Å². The highest BCUT2D eigenvalue weighted by atomic mass is 19.4. The highest BCUT2D eigenvalue weighted by Gasteiger charge is 2.62. The second-order valence-corrected chi connectivity index (χ2v) is 6.59. The summed E-state index contributed by atoms with van der Waals surface area (Å²) in [5.41, 5.74) is -2.73. The van der Waals surface area contributed by atoms with Gasteiger partial charge in [0.15, 0.2) is 0 Å². The van der Waals surface area contributed by atoms with Crippen molar-refractivity contribution in [2.45, 2.75) is 51.4 Å². The van der Waals surface area contributed by atoms with Crippen LogP contribution in [0.4, 0.5) is 13.2 Å². The number of aromatic hydroxyl groups is 1. The number of benzene rings is 1. The Kier molecular flexibility index (Phi) is 5.41. The van der Waals surface area contributed by atoms with Gasteiger partial charge in [0.2, 0.25) is 5.91 Å². The predicted octanol–water partition coefficient (Wildman–Crippen LogP) is 3.21. The third kappa shape index (κ3) is 4.12. The number of hydrogen-bond acceptors (Lipinski definition) is 4. The minimum atomic E-state index is -5.01. The van der Waals surface area contributed by atoms with Crippen LogP contribution in [0.5, 0.6) is 5.75 Å². The van der Waals surface area contributed by atoms with Gasteiger partial charge in [0, 0.05) is 18.6 Å². The lowest BCUT2D eigenvalue weighted by atomic mass is 9.99. The molecule has 1 amide bonds. The first-order valence-corrected chi connectivity index (χ1v) is 8.00. The molecule has 0 aromatic heterocycles. The Labute approximate surface area is 143 Å². The van der Waals surface area contributed by atoms with Crippen molar-refractivity contribution in [3.05, 3.63) is 29.8 Å². The summed E-state index contributed by atoms with van der Waals surface area (Å²) in [5, 5.41) is 23.7. The van der Waals surface area contributed by atoms with Gasteiger partial charge in [-0.1, -0.05) is 32.0 Å². The molecule has 0 saturated heterocycles. The highest BCUT2D eigenvalue weighted by Crippen LogP contribution is 2.41. The summed E-state index contributed by atoms with van der Waals surface area (Å²) in [7, 11) is 0. The third-order valence-electron chi connectivity index (χ3n) is 3.98. The maximum absolute atomic E-state index is 13.3. The van der Waals surface area contributed by atoms with Crippen molar-refractivity contribution in [1.82, 2.24) is 5.01 Å². The molecule has 0 fully saturated rings. The maximum Gasteiger partial charge on any atom is 0.438 e. The second kappa shape index (κ2) is 7.03. The van der Waals surface area contributed by atoms with Gasteiger partial charge in [-0.3, -0.25) is 4.79 Å². The van der Waals surface area contributed by atoms with Crippen molar-refractivity contribution in [1.29, 1.82) is 0 Å². The molecule has 0 unspecified atom stereocenters. The zero-order valence-corrected chi connectivity index (χ0v) is 14.0. The van der Waals surface area contributed by atoms with Crippen LogP contribution in [-0.2, 0) is 11.2 Å². The van der Waals surface area contributed by atoms with Crippen molar-refractivity contribution in [3.8, 4) is 5.75 Å². The molecule has 1 aromatic rings. The molecule has 5 nitrogen and oxygen atoms in total. The lowest BCUT2D eigenvalue weighted by Gasteiger charge is -2.32. The van der Waals surface area contributed by atoms with Gasteiger partial charge in [-0.2, -0.15) is 23.3 Å². The number of phenolic OH excluding ortho intramolecular Hbond substituents is 1. The number of nitrogens with zero attached hydrogens (tertiary/aromatic N) is 2. The van der Waals surface area contributed by atoms with Crippen molar-refractivity contribution in [2.75, 3.05) is 0 Å². The van der Waals surface area contributed by atoms with Crippen LogP contribution in [-0.4, -0.2) is 38.7 Å². The second-order valence-electron chi connectivity index (χ2n) is 6.59. The summed E-state index contributed by atoms with van der Waals surface area (Å²) in [5.74, 6) is -0.929. The quantitative estimate of drug-likeness (QED) is 0.849. The standard InChI is InChI=1S/C17H21F3N2O3/c1-11(2)9-13-10-16(25,17(18,19)20)22(21-13)15(24)8-7-12-5-3-4-6-14(12)23/h3-6,11,23,25H,7-10H2,1-2H3/t16-/m0/s1. The SMILES string of the molecule is CC(C)CC1=NN(C(=O)CCc2ccccc2O)[C@@](O)(C(F)(F)F)C1. The normalized spacial score (nSPS) is 20.9. The van der Waals surface area contributed by atoms with E-state index in [1.807, 2.05) is 13.8 Å². The van der Waals surface area contributed by atoms with E-state index < -0.39 is 24.2 Å². The summed E-state index contributed by atoms with van der Waals surface area (Å²) in [4.78, 5) is 12.3. The van der Waals surface area contributed by atoms with E-state index in [1.54, 1.807) is 18.2 Å². The van der Waals surface area contributed by atoms with Gasteiger partial charge in [0.05, 0.1) is 0 Å². The number of phenols is 1. The van der Waals surface area contributed by atoms with E-state index in [0.29, 0.717) is 5.56 Å². The number of aryl methyl sites for hydroxylation is 1. The van der Waals surface area contributed by atoms with Gasteiger partial charge in [0.1, 0.15) is 5.75 Å². The van der Waals surface area contributed by atoms with Gasteiger partial charge in [-0.25, -0.2) is 0 Å². The number of hydrazone groups is 1. The molecule has 1 aliphatic heterocycles. The molecule has 138 valence electrons. The largest absolute Gasteiger partial charge is 0.508 e. The van der Waals surface area contributed by atoms with Crippen LogP contribution in [0.25, 0.3) is 0 Å². The minimum absolute atomic E-state index is 0.0354. The molecular weight excluding hydrogens is 337 g/mol. The Morgan fingerprint density at radius 3 is 2.56 bits per heavy atom. The molecule has 25 heavy (non-hydrogen) atoms. The average Bonchev–Trinajstić information content (AvgIpc) is 2.83. The van der Waals surface area contributed by atoms with Crippen LogP contribution in [0.1, 0.15) is 38.7 Å². The number of amides is 1. The highest BCUT2D eigenvalue weighted by molar-refractivity contribution is 5.91. The fourth-order valence-corrected chi connectivity index (χ4v) is 2.76. The molecule has 1 aliphatic rings. The van der Waals surface area contributed by atoms with Crippen molar-refractivity contribution < 1.29 is 28.2 Å². The molecule has 0 spiro atoms. The molecule has 8 heteroatoms. The van der Waals surface area contributed by atoms with Crippen LogP contribution in [0.2, 0.25) is 0 Å². The van der Waals surface area contributed by atoms with Crippen LogP contribution in [0.3, 0.4) is 0 Å². The number of aliphatic hydroxyl groups is 1. The topological polar surface area (TPSA) is 73.1 Å².